The number of aryl methyl sites for hydroxylation is 2. The Morgan fingerprint density at radius 1 is 1.30 bits per heavy atom. The third kappa shape index (κ3) is 4.89. The molecule has 1 aliphatic rings. The fourth-order valence-electron chi connectivity index (χ4n) is 3.52. The number of nitrogens with one attached hydrogen (secondary N) is 1. The lowest BCUT2D eigenvalue weighted by Gasteiger charge is -2.32. The highest BCUT2D eigenvalue weighted by molar-refractivity contribution is 5.97. The maximum absolute atomic E-state index is 12.8. The molecule has 0 unspecified atom stereocenters. The molecule has 1 aliphatic heterocycles. The number of likely N-dealkylation sites (tertiary alicyclic amines) is 1. The van der Waals surface area contributed by atoms with Crippen LogP contribution in [0, 0.1) is 13.8 Å². The monoisotopic (exact) mass is 371 g/mol. The molecule has 2 aromatic rings. The Morgan fingerprint density at radius 3 is 2.70 bits per heavy atom. The van der Waals surface area contributed by atoms with Crippen molar-refractivity contribution < 1.29 is 14.1 Å². The molecule has 6 nitrogen and oxygen atoms in total. The number of ether oxygens (including phenoxy) is 1. The van der Waals surface area contributed by atoms with Crippen molar-refractivity contribution >= 4 is 5.91 Å². The summed E-state index contributed by atoms with van der Waals surface area (Å²) >= 11 is 0. The standard InChI is InChI=1S/C21H29N3O3/c1-4-11-24-12-9-17(10-13-24)22-21(25)18-7-5-6-8-20(18)26-14-19-15(2)23-27-16(19)3/h5-8,17H,4,9-14H2,1-3H3,(H,22,25). The fraction of sp³-hybridized carbons (Fsp3) is 0.524. The average molecular weight is 371 g/mol. The van der Waals surface area contributed by atoms with Gasteiger partial charge in [-0.25, -0.2) is 0 Å². The van der Waals surface area contributed by atoms with Gasteiger partial charge in [-0.05, 0) is 51.8 Å². The topological polar surface area (TPSA) is 67.6 Å². The highest BCUT2D eigenvalue weighted by Gasteiger charge is 2.22. The van der Waals surface area contributed by atoms with E-state index in [0.717, 1.165) is 49.5 Å². The molecule has 1 N–H and O–H groups in total. The molecule has 0 bridgehead atoms. The van der Waals surface area contributed by atoms with Crippen molar-refractivity contribution in [2.75, 3.05) is 19.6 Å². The molecule has 0 saturated carbocycles. The van der Waals surface area contributed by atoms with Crippen molar-refractivity contribution in [3.63, 3.8) is 0 Å². The van der Waals surface area contributed by atoms with Crippen LogP contribution < -0.4 is 10.1 Å². The average Bonchev–Trinajstić information content (AvgIpc) is 3.00. The lowest BCUT2D eigenvalue weighted by Crippen LogP contribution is -2.44. The second-order valence-electron chi connectivity index (χ2n) is 7.18. The first-order chi connectivity index (χ1) is 13.1. The van der Waals surface area contributed by atoms with Crippen molar-refractivity contribution in [3.05, 3.63) is 46.8 Å². The van der Waals surface area contributed by atoms with Gasteiger partial charge in [-0.15, -0.1) is 0 Å². The number of hydrogen-bond donors (Lipinski definition) is 1. The molecule has 1 aromatic heterocycles. The van der Waals surface area contributed by atoms with Crippen LogP contribution in [0.25, 0.3) is 0 Å². The van der Waals surface area contributed by atoms with Gasteiger partial charge in [0.2, 0.25) is 0 Å². The summed E-state index contributed by atoms with van der Waals surface area (Å²) in [4.78, 5) is 15.3. The molecule has 0 spiro atoms. The Morgan fingerprint density at radius 2 is 2.04 bits per heavy atom. The second kappa shape index (κ2) is 9.04. The van der Waals surface area contributed by atoms with Crippen LogP contribution in [0.15, 0.2) is 28.8 Å². The number of carbonyl (C=O) groups excluding carboxylic acids is 1. The minimum Gasteiger partial charge on any atom is -0.488 e. The van der Waals surface area contributed by atoms with E-state index in [9.17, 15) is 4.79 Å². The van der Waals surface area contributed by atoms with E-state index >= 15 is 0 Å². The largest absolute Gasteiger partial charge is 0.488 e. The summed E-state index contributed by atoms with van der Waals surface area (Å²) in [5, 5.41) is 7.12. The van der Waals surface area contributed by atoms with Crippen LogP contribution in [-0.2, 0) is 6.61 Å². The number of rotatable bonds is 7. The van der Waals surface area contributed by atoms with Crippen LogP contribution in [0.1, 0.15) is 53.6 Å². The molecule has 0 radical (unpaired) electrons. The molecular weight excluding hydrogens is 342 g/mol. The highest BCUT2D eigenvalue weighted by atomic mass is 16.5. The third-order valence-corrected chi connectivity index (χ3v) is 5.15. The van der Waals surface area contributed by atoms with E-state index in [4.69, 9.17) is 9.26 Å². The highest BCUT2D eigenvalue weighted by Crippen LogP contribution is 2.22. The SMILES string of the molecule is CCCN1CCC(NC(=O)c2ccccc2OCc2c(C)noc2C)CC1. The molecule has 2 heterocycles. The first-order valence-electron chi connectivity index (χ1n) is 9.75. The van der Waals surface area contributed by atoms with Gasteiger partial charge in [-0.3, -0.25) is 4.79 Å². The van der Waals surface area contributed by atoms with E-state index in [2.05, 4.69) is 22.3 Å². The van der Waals surface area contributed by atoms with Gasteiger partial charge < -0.3 is 19.5 Å². The number of benzene rings is 1. The third-order valence-electron chi connectivity index (χ3n) is 5.15. The number of amides is 1. The van der Waals surface area contributed by atoms with Gasteiger partial charge in [0.15, 0.2) is 0 Å². The van der Waals surface area contributed by atoms with E-state index in [-0.39, 0.29) is 11.9 Å². The summed E-state index contributed by atoms with van der Waals surface area (Å²) in [6.45, 7) is 9.51. The normalized spacial score (nSPS) is 15.7. The van der Waals surface area contributed by atoms with Gasteiger partial charge in [-0.2, -0.15) is 0 Å². The van der Waals surface area contributed by atoms with Crippen LogP contribution in [0.5, 0.6) is 5.75 Å². The molecular formula is C21H29N3O3. The van der Waals surface area contributed by atoms with Crippen molar-refractivity contribution in [1.29, 1.82) is 0 Å². The summed E-state index contributed by atoms with van der Waals surface area (Å²) in [5.41, 5.74) is 2.31. The minimum absolute atomic E-state index is 0.0710. The summed E-state index contributed by atoms with van der Waals surface area (Å²) < 4.78 is 11.1. The van der Waals surface area contributed by atoms with Gasteiger partial charge in [0.1, 0.15) is 18.1 Å². The number of hydrogen-bond acceptors (Lipinski definition) is 5. The number of carbonyl (C=O) groups is 1. The molecule has 0 atom stereocenters. The second-order valence-corrected chi connectivity index (χ2v) is 7.18. The van der Waals surface area contributed by atoms with E-state index in [1.165, 1.54) is 6.42 Å². The molecule has 6 heteroatoms. The molecule has 0 aliphatic carbocycles. The van der Waals surface area contributed by atoms with Crippen LogP contribution in [0.2, 0.25) is 0 Å². The van der Waals surface area contributed by atoms with Gasteiger partial charge in [-0.1, -0.05) is 24.2 Å². The number of aromatic nitrogens is 1. The van der Waals surface area contributed by atoms with Crippen LogP contribution in [0.4, 0.5) is 0 Å². The lowest BCUT2D eigenvalue weighted by molar-refractivity contribution is 0.0906. The first kappa shape index (κ1) is 19.4. The number of nitrogens with zero attached hydrogens (tertiary/aromatic N) is 2. The van der Waals surface area contributed by atoms with Gasteiger partial charge in [0.05, 0.1) is 16.8 Å². The van der Waals surface area contributed by atoms with Crippen molar-refractivity contribution in [3.8, 4) is 5.75 Å². The number of piperidine rings is 1. The molecule has 3 rings (SSSR count). The zero-order chi connectivity index (χ0) is 19.2. The van der Waals surface area contributed by atoms with E-state index in [1.807, 2.05) is 38.1 Å². The van der Waals surface area contributed by atoms with Gasteiger partial charge in [0.25, 0.3) is 5.91 Å². The zero-order valence-corrected chi connectivity index (χ0v) is 16.5. The summed E-state index contributed by atoms with van der Waals surface area (Å²) in [7, 11) is 0. The van der Waals surface area contributed by atoms with Crippen LogP contribution in [0.3, 0.4) is 0 Å². The number of para-hydroxylation sites is 1. The quantitative estimate of drug-likeness (QED) is 0.807. The van der Waals surface area contributed by atoms with Gasteiger partial charge >= 0.3 is 0 Å². The predicted octanol–water partition coefficient (Wildman–Crippen LogP) is 3.47. The smallest absolute Gasteiger partial charge is 0.255 e. The fourth-order valence-corrected chi connectivity index (χ4v) is 3.52. The molecule has 146 valence electrons. The maximum atomic E-state index is 12.8. The molecule has 1 fully saturated rings. The zero-order valence-electron chi connectivity index (χ0n) is 16.5. The summed E-state index contributed by atoms with van der Waals surface area (Å²) in [5.74, 6) is 1.25. The van der Waals surface area contributed by atoms with E-state index < -0.39 is 0 Å². The Bertz CT molecular complexity index is 744. The van der Waals surface area contributed by atoms with Gasteiger partial charge in [0, 0.05) is 19.1 Å². The predicted molar refractivity (Wildman–Crippen MR) is 104 cm³/mol. The maximum Gasteiger partial charge on any atom is 0.255 e. The Hall–Kier alpha value is -2.34. The first-order valence-corrected chi connectivity index (χ1v) is 9.75. The molecule has 1 amide bonds. The van der Waals surface area contributed by atoms with Crippen LogP contribution in [-0.4, -0.2) is 41.6 Å². The van der Waals surface area contributed by atoms with E-state index in [1.54, 1.807) is 0 Å². The van der Waals surface area contributed by atoms with E-state index in [0.29, 0.717) is 17.9 Å². The Kier molecular flexibility index (Phi) is 6.50. The molecule has 27 heavy (non-hydrogen) atoms. The molecule has 1 saturated heterocycles. The Balaban J connectivity index is 1.61. The van der Waals surface area contributed by atoms with Crippen molar-refractivity contribution in [1.82, 2.24) is 15.4 Å². The lowest BCUT2D eigenvalue weighted by atomic mass is 10.0. The Labute approximate surface area is 160 Å². The minimum atomic E-state index is -0.0710. The van der Waals surface area contributed by atoms with Crippen molar-refractivity contribution in [2.45, 2.75) is 52.7 Å². The summed E-state index contributed by atoms with van der Waals surface area (Å²) in [6.07, 6.45) is 3.16. The van der Waals surface area contributed by atoms with Crippen LogP contribution >= 0.6 is 0 Å². The van der Waals surface area contributed by atoms with Crippen molar-refractivity contribution in [2.24, 2.45) is 0 Å². The summed E-state index contributed by atoms with van der Waals surface area (Å²) in [6, 6.07) is 7.60. The molecule has 1 aromatic carbocycles.